The molecular weight excluding hydrogens is 236 g/mol. The third-order valence-corrected chi connectivity index (χ3v) is 2.52. The number of nitrogens with two attached hydrogens (primary N) is 1. The number of halogens is 1. The first-order valence-electron chi connectivity index (χ1n) is 5.67. The highest BCUT2D eigenvalue weighted by atomic mass is 35.5. The Bertz CT molecular complexity index is 338. The largest absolute Gasteiger partial charge is 0.352 e. The van der Waals surface area contributed by atoms with Crippen molar-refractivity contribution in [1.29, 1.82) is 0 Å². The van der Waals surface area contributed by atoms with Crippen LogP contribution in [0.1, 0.15) is 24.5 Å². The van der Waals surface area contributed by atoms with Gasteiger partial charge in [0.1, 0.15) is 0 Å². The van der Waals surface area contributed by atoms with Crippen LogP contribution in [0.3, 0.4) is 0 Å². The van der Waals surface area contributed by atoms with Gasteiger partial charge in [-0.2, -0.15) is 0 Å². The first-order chi connectivity index (χ1) is 7.61. The van der Waals surface area contributed by atoms with Gasteiger partial charge in [0.05, 0.1) is 0 Å². The smallest absolute Gasteiger partial charge is 0.220 e. The maximum absolute atomic E-state index is 11.5. The molecule has 0 heterocycles. The third-order valence-electron chi connectivity index (χ3n) is 2.52. The molecule has 0 bridgehead atoms. The number of rotatable bonds is 5. The lowest BCUT2D eigenvalue weighted by atomic mass is 10.1. The van der Waals surface area contributed by atoms with E-state index in [1.165, 1.54) is 11.1 Å². The number of amides is 1. The van der Waals surface area contributed by atoms with E-state index in [-0.39, 0.29) is 24.4 Å². The fourth-order valence-electron chi connectivity index (χ4n) is 1.42. The molecule has 0 aliphatic rings. The summed E-state index contributed by atoms with van der Waals surface area (Å²) in [5.74, 6) is 0.0681. The molecule has 17 heavy (non-hydrogen) atoms. The molecule has 0 unspecified atom stereocenters. The quantitative estimate of drug-likeness (QED) is 0.844. The molecule has 96 valence electrons. The fourth-order valence-corrected chi connectivity index (χ4v) is 1.42. The second kappa shape index (κ2) is 8.09. The summed E-state index contributed by atoms with van der Waals surface area (Å²) in [6.07, 6.45) is 1.30. The summed E-state index contributed by atoms with van der Waals surface area (Å²) in [6.45, 7) is 4.44. The first-order valence-corrected chi connectivity index (χ1v) is 5.67. The molecule has 1 aromatic carbocycles. The van der Waals surface area contributed by atoms with E-state index in [2.05, 4.69) is 36.5 Å². The zero-order valence-electron chi connectivity index (χ0n) is 10.4. The molecule has 0 aliphatic heterocycles. The summed E-state index contributed by atoms with van der Waals surface area (Å²) in [5.41, 5.74) is 7.87. The molecule has 1 atom stereocenters. The van der Waals surface area contributed by atoms with E-state index in [4.69, 9.17) is 5.73 Å². The lowest BCUT2D eigenvalue weighted by Crippen LogP contribution is -2.37. The zero-order valence-corrected chi connectivity index (χ0v) is 11.2. The van der Waals surface area contributed by atoms with Gasteiger partial charge in [-0.3, -0.25) is 4.79 Å². The molecule has 1 rings (SSSR count). The SMILES string of the molecule is Cc1ccc(CCC(=O)N[C@H](C)CN)cc1.Cl. The van der Waals surface area contributed by atoms with Gasteiger partial charge in [0.25, 0.3) is 0 Å². The van der Waals surface area contributed by atoms with Crippen molar-refractivity contribution in [2.75, 3.05) is 6.54 Å². The fraction of sp³-hybridized carbons (Fsp3) is 0.462. The van der Waals surface area contributed by atoms with Gasteiger partial charge >= 0.3 is 0 Å². The molecular formula is C13H21ClN2O. The van der Waals surface area contributed by atoms with E-state index in [9.17, 15) is 4.79 Å². The van der Waals surface area contributed by atoms with Gasteiger partial charge < -0.3 is 11.1 Å². The van der Waals surface area contributed by atoms with E-state index >= 15 is 0 Å². The van der Waals surface area contributed by atoms with Crippen molar-refractivity contribution in [2.24, 2.45) is 5.73 Å². The van der Waals surface area contributed by atoms with E-state index in [1.807, 2.05) is 6.92 Å². The van der Waals surface area contributed by atoms with Crippen LogP contribution in [-0.2, 0) is 11.2 Å². The number of aryl methyl sites for hydroxylation is 2. The standard InChI is InChI=1S/C13H20N2O.ClH/c1-10-3-5-12(6-4-10)7-8-13(16)15-11(2)9-14;/h3-6,11H,7-9,14H2,1-2H3,(H,15,16);1H/t11-;/m1./s1. The summed E-state index contributed by atoms with van der Waals surface area (Å²) >= 11 is 0. The average molecular weight is 257 g/mol. The summed E-state index contributed by atoms with van der Waals surface area (Å²) in [5, 5.41) is 2.85. The van der Waals surface area contributed by atoms with Gasteiger partial charge in [-0.25, -0.2) is 0 Å². The Kier molecular flexibility index (Phi) is 7.59. The Labute approximate surface area is 109 Å². The van der Waals surface area contributed by atoms with Crippen LogP contribution in [-0.4, -0.2) is 18.5 Å². The Hall–Kier alpha value is -1.06. The molecule has 0 spiro atoms. The molecule has 3 N–H and O–H groups in total. The number of carbonyl (C=O) groups excluding carboxylic acids is 1. The van der Waals surface area contributed by atoms with Crippen molar-refractivity contribution in [1.82, 2.24) is 5.32 Å². The zero-order chi connectivity index (χ0) is 12.0. The van der Waals surface area contributed by atoms with Gasteiger partial charge in [-0.15, -0.1) is 12.4 Å². The number of nitrogens with one attached hydrogen (secondary N) is 1. The monoisotopic (exact) mass is 256 g/mol. The molecule has 0 saturated carbocycles. The Morgan fingerprint density at radius 2 is 1.94 bits per heavy atom. The van der Waals surface area contributed by atoms with Gasteiger partial charge in [-0.05, 0) is 25.8 Å². The minimum absolute atomic E-state index is 0. The van der Waals surface area contributed by atoms with Gasteiger partial charge in [0.2, 0.25) is 5.91 Å². The number of carbonyl (C=O) groups is 1. The molecule has 0 radical (unpaired) electrons. The maximum Gasteiger partial charge on any atom is 0.220 e. The lowest BCUT2D eigenvalue weighted by Gasteiger charge is -2.11. The molecule has 4 heteroatoms. The lowest BCUT2D eigenvalue weighted by molar-refractivity contribution is -0.121. The normalized spacial score (nSPS) is 11.5. The molecule has 0 saturated heterocycles. The number of benzene rings is 1. The number of hydrogen-bond acceptors (Lipinski definition) is 2. The van der Waals surface area contributed by atoms with E-state index in [0.29, 0.717) is 13.0 Å². The summed E-state index contributed by atoms with van der Waals surface area (Å²) in [6, 6.07) is 8.32. The molecule has 1 amide bonds. The highest BCUT2D eigenvalue weighted by Crippen LogP contribution is 2.05. The second-order valence-electron chi connectivity index (χ2n) is 4.19. The summed E-state index contributed by atoms with van der Waals surface area (Å²) in [7, 11) is 0. The average Bonchev–Trinajstić information content (AvgIpc) is 2.28. The predicted octanol–water partition coefficient (Wildman–Crippen LogP) is 1.81. The van der Waals surface area contributed by atoms with Crippen molar-refractivity contribution >= 4 is 18.3 Å². The van der Waals surface area contributed by atoms with Crippen LogP contribution < -0.4 is 11.1 Å². The number of hydrogen-bond donors (Lipinski definition) is 2. The molecule has 1 aromatic rings. The van der Waals surface area contributed by atoms with E-state index in [0.717, 1.165) is 6.42 Å². The molecule has 0 aromatic heterocycles. The highest BCUT2D eigenvalue weighted by Gasteiger charge is 2.05. The van der Waals surface area contributed by atoms with Crippen LogP contribution >= 0.6 is 12.4 Å². The summed E-state index contributed by atoms with van der Waals surface area (Å²) < 4.78 is 0. The van der Waals surface area contributed by atoms with Crippen molar-refractivity contribution in [2.45, 2.75) is 32.7 Å². The van der Waals surface area contributed by atoms with Crippen LogP contribution in [0.2, 0.25) is 0 Å². The van der Waals surface area contributed by atoms with Crippen molar-refractivity contribution in [3.8, 4) is 0 Å². The minimum Gasteiger partial charge on any atom is -0.352 e. The van der Waals surface area contributed by atoms with Crippen LogP contribution in [0, 0.1) is 6.92 Å². The molecule has 0 fully saturated rings. The van der Waals surface area contributed by atoms with Crippen LogP contribution in [0.5, 0.6) is 0 Å². The highest BCUT2D eigenvalue weighted by molar-refractivity contribution is 5.85. The summed E-state index contributed by atoms with van der Waals surface area (Å²) in [4.78, 5) is 11.5. The van der Waals surface area contributed by atoms with Crippen molar-refractivity contribution in [3.63, 3.8) is 0 Å². The van der Waals surface area contributed by atoms with E-state index < -0.39 is 0 Å². The van der Waals surface area contributed by atoms with Gasteiger partial charge in [0, 0.05) is 19.0 Å². The predicted molar refractivity (Wildman–Crippen MR) is 73.4 cm³/mol. The Morgan fingerprint density at radius 3 is 2.47 bits per heavy atom. The Morgan fingerprint density at radius 1 is 1.35 bits per heavy atom. The van der Waals surface area contributed by atoms with E-state index in [1.54, 1.807) is 0 Å². The van der Waals surface area contributed by atoms with Crippen LogP contribution in [0.25, 0.3) is 0 Å². The Balaban J connectivity index is 0.00000256. The minimum atomic E-state index is 0. The molecule has 3 nitrogen and oxygen atoms in total. The topological polar surface area (TPSA) is 55.1 Å². The van der Waals surface area contributed by atoms with Crippen LogP contribution in [0.15, 0.2) is 24.3 Å². The second-order valence-corrected chi connectivity index (χ2v) is 4.19. The van der Waals surface area contributed by atoms with Gasteiger partial charge in [-0.1, -0.05) is 29.8 Å². The first kappa shape index (κ1) is 15.9. The van der Waals surface area contributed by atoms with Crippen LogP contribution in [0.4, 0.5) is 0 Å². The van der Waals surface area contributed by atoms with Crippen molar-refractivity contribution in [3.05, 3.63) is 35.4 Å². The molecule has 0 aliphatic carbocycles. The van der Waals surface area contributed by atoms with Crippen molar-refractivity contribution < 1.29 is 4.79 Å². The maximum atomic E-state index is 11.5. The van der Waals surface area contributed by atoms with Gasteiger partial charge in [0.15, 0.2) is 0 Å². The third kappa shape index (κ3) is 6.29.